The second kappa shape index (κ2) is 8.45. The third-order valence-electron chi connectivity index (χ3n) is 4.45. The predicted octanol–water partition coefficient (Wildman–Crippen LogP) is 4.37. The molecule has 3 aromatic rings. The summed E-state index contributed by atoms with van der Waals surface area (Å²) in [6.45, 7) is 7.55. The van der Waals surface area contributed by atoms with E-state index in [4.69, 9.17) is 0 Å². The molecule has 1 heterocycles. The molecule has 0 fully saturated rings. The number of carbonyl (C=O) groups is 1. The quantitative estimate of drug-likeness (QED) is 0.709. The van der Waals surface area contributed by atoms with E-state index in [1.807, 2.05) is 50.2 Å². The maximum absolute atomic E-state index is 12.7. The first-order valence-corrected chi connectivity index (χ1v) is 9.06. The van der Waals surface area contributed by atoms with Crippen molar-refractivity contribution in [3.63, 3.8) is 0 Å². The zero-order valence-corrected chi connectivity index (χ0v) is 15.9. The third kappa shape index (κ3) is 4.70. The molecule has 0 aliphatic heterocycles. The lowest BCUT2D eigenvalue weighted by Gasteiger charge is -2.22. The molecule has 138 valence electrons. The van der Waals surface area contributed by atoms with Gasteiger partial charge in [-0.3, -0.25) is 4.79 Å². The molecule has 0 radical (unpaired) electrons. The number of anilines is 2. The average molecular weight is 360 g/mol. The summed E-state index contributed by atoms with van der Waals surface area (Å²) in [6.07, 6.45) is 1.45. The number of carbonyl (C=O) groups excluding carboxylic acids is 1. The van der Waals surface area contributed by atoms with E-state index in [1.165, 1.54) is 11.9 Å². The van der Waals surface area contributed by atoms with Crippen LogP contribution in [0.3, 0.4) is 0 Å². The van der Waals surface area contributed by atoms with E-state index in [9.17, 15) is 4.79 Å². The monoisotopic (exact) mass is 360 g/mol. The Morgan fingerprint density at radius 1 is 1.04 bits per heavy atom. The van der Waals surface area contributed by atoms with Crippen LogP contribution in [-0.2, 0) is 6.54 Å². The minimum Gasteiger partial charge on any atom is -0.352 e. The summed E-state index contributed by atoms with van der Waals surface area (Å²) in [4.78, 5) is 23.3. The van der Waals surface area contributed by atoms with Gasteiger partial charge in [-0.2, -0.15) is 0 Å². The molecule has 0 bridgehead atoms. The normalized spacial score (nSPS) is 10.5. The van der Waals surface area contributed by atoms with Gasteiger partial charge in [-0.05, 0) is 43.5 Å². The predicted molar refractivity (Wildman–Crippen MR) is 109 cm³/mol. The lowest BCUT2D eigenvalue weighted by Crippen LogP contribution is -2.24. The number of amides is 1. The highest BCUT2D eigenvalue weighted by molar-refractivity contribution is 6.03. The molecule has 1 amide bonds. The van der Waals surface area contributed by atoms with Crippen molar-refractivity contribution in [2.24, 2.45) is 0 Å². The van der Waals surface area contributed by atoms with Crippen molar-refractivity contribution in [3.05, 3.63) is 83.3 Å². The minimum atomic E-state index is -0.233. The second-order valence-electron chi connectivity index (χ2n) is 6.53. The molecule has 2 aromatic carbocycles. The Labute approximate surface area is 160 Å². The summed E-state index contributed by atoms with van der Waals surface area (Å²) >= 11 is 0. The summed E-state index contributed by atoms with van der Waals surface area (Å²) in [6, 6.07) is 17.9. The number of rotatable bonds is 6. The molecular formula is C22H24N4O. The number of hydrogen-bond donors (Lipinski definition) is 1. The van der Waals surface area contributed by atoms with Crippen LogP contribution in [0.2, 0.25) is 0 Å². The van der Waals surface area contributed by atoms with Gasteiger partial charge in [0, 0.05) is 24.8 Å². The Kier molecular flexibility index (Phi) is 5.81. The van der Waals surface area contributed by atoms with E-state index < -0.39 is 0 Å². The van der Waals surface area contributed by atoms with Crippen LogP contribution in [-0.4, -0.2) is 22.4 Å². The largest absolute Gasteiger partial charge is 0.352 e. The van der Waals surface area contributed by atoms with Crippen LogP contribution in [0, 0.1) is 13.8 Å². The van der Waals surface area contributed by atoms with Crippen molar-refractivity contribution in [3.8, 4) is 0 Å². The standard InChI is InChI=1S/C22H24N4O/c1-4-26(14-18-8-6-5-7-9-18)21-13-20(23-15-24-21)22(27)25-19-12-16(2)10-11-17(19)3/h5-13,15H,4,14H2,1-3H3,(H,25,27). The summed E-state index contributed by atoms with van der Waals surface area (Å²) in [5.41, 5.74) is 4.46. The van der Waals surface area contributed by atoms with Crippen molar-refractivity contribution in [1.82, 2.24) is 9.97 Å². The highest BCUT2D eigenvalue weighted by Gasteiger charge is 2.13. The zero-order chi connectivity index (χ0) is 19.2. The summed E-state index contributed by atoms with van der Waals surface area (Å²) in [5.74, 6) is 0.505. The van der Waals surface area contributed by atoms with Gasteiger partial charge in [-0.25, -0.2) is 9.97 Å². The first-order chi connectivity index (χ1) is 13.1. The van der Waals surface area contributed by atoms with Crippen LogP contribution >= 0.6 is 0 Å². The van der Waals surface area contributed by atoms with Crippen molar-refractivity contribution >= 4 is 17.4 Å². The molecule has 0 atom stereocenters. The van der Waals surface area contributed by atoms with E-state index in [0.29, 0.717) is 5.69 Å². The van der Waals surface area contributed by atoms with E-state index in [-0.39, 0.29) is 5.91 Å². The molecule has 27 heavy (non-hydrogen) atoms. The fraction of sp³-hybridized carbons (Fsp3) is 0.227. The van der Waals surface area contributed by atoms with Crippen LogP contribution in [0.5, 0.6) is 0 Å². The fourth-order valence-electron chi connectivity index (χ4n) is 2.86. The molecule has 5 nitrogen and oxygen atoms in total. The molecule has 1 N–H and O–H groups in total. The van der Waals surface area contributed by atoms with Gasteiger partial charge >= 0.3 is 0 Å². The first-order valence-electron chi connectivity index (χ1n) is 9.06. The fourth-order valence-corrected chi connectivity index (χ4v) is 2.86. The van der Waals surface area contributed by atoms with Crippen molar-refractivity contribution in [1.29, 1.82) is 0 Å². The van der Waals surface area contributed by atoms with Gasteiger partial charge in [0.15, 0.2) is 0 Å². The molecule has 0 saturated carbocycles. The summed E-state index contributed by atoms with van der Waals surface area (Å²) in [5, 5.41) is 2.95. The maximum Gasteiger partial charge on any atom is 0.274 e. The Hall–Kier alpha value is -3.21. The number of nitrogens with zero attached hydrogens (tertiary/aromatic N) is 3. The molecular weight excluding hydrogens is 336 g/mol. The van der Waals surface area contributed by atoms with Gasteiger partial charge < -0.3 is 10.2 Å². The molecule has 0 spiro atoms. The Morgan fingerprint density at radius 2 is 1.81 bits per heavy atom. The van der Waals surface area contributed by atoms with Crippen molar-refractivity contribution in [2.45, 2.75) is 27.3 Å². The van der Waals surface area contributed by atoms with Crippen molar-refractivity contribution in [2.75, 3.05) is 16.8 Å². The number of hydrogen-bond acceptors (Lipinski definition) is 4. The maximum atomic E-state index is 12.7. The van der Waals surface area contributed by atoms with E-state index in [0.717, 1.165) is 35.7 Å². The Bertz CT molecular complexity index is 925. The topological polar surface area (TPSA) is 58.1 Å². The van der Waals surface area contributed by atoms with Crippen LogP contribution in [0.4, 0.5) is 11.5 Å². The molecule has 0 unspecified atom stereocenters. The smallest absolute Gasteiger partial charge is 0.274 e. The highest BCUT2D eigenvalue weighted by Crippen LogP contribution is 2.19. The van der Waals surface area contributed by atoms with Gasteiger partial charge in [0.2, 0.25) is 0 Å². The summed E-state index contributed by atoms with van der Waals surface area (Å²) < 4.78 is 0. The summed E-state index contributed by atoms with van der Waals surface area (Å²) in [7, 11) is 0. The van der Waals surface area contributed by atoms with Crippen LogP contribution in [0.15, 0.2) is 60.9 Å². The Morgan fingerprint density at radius 3 is 2.56 bits per heavy atom. The van der Waals surface area contributed by atoms with Gasteiger partial charge in [0.05, 0.1) is 0 Å². The van der Waals surface area contributed by atoms with E-state index >= 15 is 0 Å². The van der Waals surface area contributed by atoms with Gasteiger partial charge in [-0.1, -0.05) is 42.5 Å². The lowest BCUT2D eigenvalue weighted by atomic mass is 10.1. The Balaban J connectivity index is 1.79. The van der Waals surface area contributed by atoms with Gasteiger partial charge in [-0.15, -0.1) is 0 Å². The van der Waals surface area contributed by atoms with E-state index in [2.05, 4.69) is 39.2 Å². The number of benzene rings is 2. The molecule has 5 heteroatoms. The lowest BCUT2D eigenvalue weighted by molar-refractivity contribution is 0.102. The molecule has 0 aliphatic rings. The number of aromatic nitrogens is 2. The SMILES string of the molecule is CCN(Cc1ccccc1)c1cc(C(=O)Nc2cc(C)ccc2C)ncn1. The molecule has 0 aliphatic carbocycles. The zero-order valence-electron chi connectivity index (χ0n) is 15.9. The van der Waals surface area contributed by atoms with Crippen LogP contribution in [0.1, 0.15) is 34.1 Å². The number of nitrogens with one attached hydrogen (secondary N) is 1. The second-order valence-corrected chi connectivity index (χ2v) is 6.53. The minimum absolute atomic E-state index is 0.233. The van der Waals surface area contributed by atoms with Crippen LogP contribution < -0.4 is 10.2 Å². The molecule has 3 rings (SSSR count). The number of aryl methyl sites for hydroxylation is 2. The van der Waals surface area contributed by atoms with Gasteiger partial charge in [0.25, 0.3) is 5.91 Å². The average Bonchev–Trinajstić information content (AvgIpc) is 2.69. The highest BCUT2D eigenvalue weighted by atomic mass is 16.1. The van der Waals surface area contributed by atoms with Crippen molar-refractivity contribution < 1.29 is 4.79 Å². The van der Waals surface area contributed by atoms with Gasteiger partial charge in [0.1, 0.15) is 17.8 Å². The first kappa shape index (κ1) is 18.6. The molecule has 0 saturated heterocycles. The third-order valence-corrected chi connectivity index (χ3v) is 4.45. The van der Waals surface area contributed by atoms with E-state index in [1.54, 1.807) is 6.07 Å². The molecule has 1 aromatic heterocycles. The van der Waals surface area contributed by atoms with Crippen LogP contribution in [0.25, 0.3) is 0 Å².